The highest BCUT2D eigenvalue weighted by molar-refractivity contribution is 5.89. The minimum atomic E-state index is -0.996. The number of carbonyl (C=O) groups is 3. The maximum atomic E-state index is 13.4. The highest BCUT2D eigenvalue weighted by Crippen LogP contribution is 2.44. The zero-order valence-electron chi connectivity index (χ0n) is 20.4. The van der Waals surface area contributed by atoms with Crippen LogP contribution < -0.4 is 5.32 Å². The molecular formula is C28H34N2O5. The lowest BCUT2D eigenvalue weighted by Crippen LogP contribution is -2.54. The van der Waals surface area contributed by atoms with Crippen LogP contribution in [0.1, 0.15) is 63.0 Å². The maximum absolute atomic E-state index is 13.4. The van der Waals surface area contributed by atoms with Gasteiger partial charge in [-0.2, -0.15) is 0 Å². The van der Waals surface area contributed by atoms with Crippen LogP contribution in [0, 0.1) is 5.92 Å². The normalized spacial score (nSPS) is 18.4. The van der Waals surface area contributed by atoms with Crippen LogP contribution in [0.15, 0.2) is 48.5 Å². The van der Waals surface area contributed by atoms with Gasteiger partial charge in [-0.1, -0.05) is 75.2 Å². The molecule has 2 N–H and O–H groups in total. The Bertz CT molecular complexity index is 1040. The van der Waals surface area contributed by atoms with Gasteiger partial charge in [-0.05, 0) is 47.4 Å². The van der Waals surface area contributed by atoms with Gasteiger partial charge in [-0.25, -0.2) is 9.59 Å². The van der Waals surface area contributed by atoms with E-state index in [0.29, 0.717) is 19.4 Å². The molecule has 0 radical (unpaired) electrons. The number of carboxylic acid groups (broad SMARTS) is 1. The van der Waals surface area contributed by atoms with Crippen LogP contribution >= 0.6 is 0 Å². The third-order valence-corrected chi connectivity index (χ3v) is 6.96. The predicted molar refractivity (Wildman–Crippen MR) is 133 cm³/mol. The van der Waals surface area contributed by atoms with Crippen molar-refractivity contribution in [3.8, 4) is 11.1 Å². The van der Waals surface area contributed by atoms with Crippen molar-refractivity contribution in [2.24, 2.45) is 5.92 Å². The van der Waals surface area contributed by atoms with Gasteiger partial charge >= 0.3 is 12.1 Å². The Balaban J connectivity index is 1.46. The van der Waals surface area contributed by atoms with E-state index in [-0.39, 0.29) is 24.3 Å². The number of carbonyl (C=O) groups excluding carboxylic acids is 2. The summed E-state index contributed by atoms with van der Waals surface area (Å²) in [4.78, 5) is 39.6. The highest BCUT2D eigenvalue weighted by Gasteiger charge is 2.36. The van der Waals surface area contributed by atoms with Gasteiger partial charge in [0, 0.05) is 12.5 Å². The van der Waals surface area contributed by atoms with E-state index >= 15 is 0 Å². The van der Waals surface area contributed by atoms with Gasteiger partial charge in [0.1, 0.15) is 18.7 Å². The van der Waals surface area contributed by atoms with Crippen molar-refractivity contribution in [3.05, 3.63) is 59.7 Å². The number of likely N-dealkylation sites (tertiary alicyclic amines) is 1. The van der Waals surface area contributed by atoms with Crippen molar-refractivity contribution in [1.29, 1.82) is 0 Å². The van der Waals surface area contributed by atoms with E-state index in [1.807, 2.05) is 38.1 Å². The zero-order valence-corrected chi connectivity index (χ0v) is 20.4. The minimum Gasteiger partial charge on any atom is -0.480 e. The monoisotopic (exact) mass is 478 g/mol. The van der Waals surface area contributed by atoms with E-state index in [9.17, 15) is 19.5 Å². The second kappa shape index (κ2) is 10.9. The number of nitrogens with zero attached hydrogens (tertiary/aromatic N) is 1. The summed E-state index contributed by atoms with van der Waals surface area (Å²) in [6.07, 6.45) is 2.60. The van der Waals surface area contributed by atoms with E-state index in [2.05, 4.69) is 29.6 Å². The van der Waals surface area contributed by atoms with Crippen molar-refractivity contribution in [1.82, 2.24) is 10.2 Å². The van der Waals surface area contributed by atoms with Crippen LogP contribution in [-0.2, 0) is 14.3 Å². The molecular weight excluding hydrogens is 444 g/mol. The molecule has 2 amide bonds. The minimum absolute atomic E-state index is 0.0746. The lowest BCUT2D eigenvalue weighted by Gasteiger charge is -2.31. The Morgan fingerprint density at radius 1 is 1.00 bits per heavy atom. The molecule has 1 saturated heterocycles. The molecule has 2 atom stereocenters. The SMILES string of the molecule is CC(C)CC(NC(=O)OCC1c2ccccc2-c2ccccc21)C(=O)N1CCCCCC1C(=O)O. The quantitative estimate of drug-likeness (QED) is 0.596. The zero-order chi connectivity index (χ0) is 24.9. The Kier molecular flexibility index (Phi) is 7.73. The third-order valence-electron chi connectivity index (χ3n) is 6.96. The first-order chi connectivity index (χ1) is 16.9. The number of hydrogen-bond donors (Lipinski definition) is 2. The molecule has 2 unspecified atom stereocenters. The van der Waals surface area contributed by atoms with Crippen LogP contribution in [-0.4, -0.2) is 53.2 Å². The molecule has 0 aromatic heterocycles. The summed E-state index contributed by atoms with van der Waals surface area (Å²) in [6.45, 7) is 4.48. The van der Waals surface area contributed by atoms with Crippen molar-refractivity contribution in [3.63, 3.8) is 0 Å². The number of fused-ring (bicyclic) bond motifs is 3. The van der Waals surface area contributed by atoms with Crippen molar-refractivity contribution >= 4 is 18.0 Å². The molecule has 1 heterocycles. The van der Waals surface area contributed by atoms with Crippen LogP contribution in [0.5, 0.6) is 0 Å². The van der Waals surface area contributed by atoms with Crippen molar-refractivity contribution in [2.75, 3.05) is 13.2 Å². The summed E-state index contributed by atoms with van der Waals surface area (Å²) in [6, 6.07) is 14.5. The number of nitrogens with one attached hydrogen (secondary N) is 1. The largest absolute Gasteiger partial charge is 0.480 e. The third kappa shape index (κ3) is 5.50. The summed E-state index contributed by atoms with van der Waals surface area (Å²) in [7, 11) is 0. The summed E-state index contributed by atoms with van der Waals surface area (Å²) in [5, 5.41) is 12.4. The Labute approximate surface area is 206 Å². The number of amides is 2. The summed E-state index contributed by atoms with van der Waals surface area (Å²) < 4.78 is 5.65. The van der Waals surface area contributed by atoms with Crippen LogP contribution in [0.25, 0.3) is 11.1 Å². The van der Waals surface area contributed by atoms with Gasteiger partial charge < -0.3 is 20.1 Å². The first-order valence-electron chi connectivity index (χ1n) is 12.5. The summed E-state index contributed by atoms with van der Waals surface area (Å²) >= 11 is 0. The van der Waals surface area contributed by atoms with Gasteiger partial charge in [0.25, 0.3) is 0 Å². The molecule has 7 heteroatoms. The average Bonchev–Trinajstić information content (AvgIpc) is 2.97. The molecule has 2 aliphatic rings. The number of carboxylic acids is 1. The lowest BCUT2D eigenvalue weighted by atomic mass is 9.98. The average molecular weight is 479 g/mol. The molecule has 1 aliphatic heterocycles. The van der Waals surface area contributed by atoms with Crippen molar-refractivity contribution in [2.45, 2.75) is 64.0 Å². The Morgan fingerprint density at radius 3 is 2.23 bits per heavy atom. The summed E-state index contributed by atoms with van der Waals surface area (Å²) in [5.41, 5.74) is 4.52. The predicted octanol–water partition coefficient (Wildman–Crippen LogP) is 4.80. The number of ether oxygens (including phenoxy) is 1. The van der Waals surface area contributed by atoms with E-state index in [1.165, 1.54) is 4.90 Å². The lowest BCUT2D eigenvalue weighted by molar-refractivity contribution is -0.151. The first-order valence-corrected chi connectivity index (χ1v) is 12.5. The fourth-order valence-corrected chi connectivity index (χ4v) is 5.30. The van der Waals surface area contributed by atoms with Crippen molar-refractivity contribution < 1.29 is 24.2 Å². The molecule has 0 saturated carbocycles. The van der Waals surface area contributed by atoms with Crippen LogP contribution in [0.3, 0.4) is 0 Å². The molecule has 0 spiro atoms. The fraction of sp³-hybridized carbons (Fsp3) is 0.464. The highest BCUT2D eigenvalue weighted by atomic mass is 16.5. The van der Waals surface area contributed by atoms with Crippen LogP contribution in [0.4, 0.5) is 4.79 Å². The molecule has 7 nitrogen and oxygen atoms in total. The van der Waals surface area contributed by atoms with Gasteiger partial charge in [0.05, 0.1) is 0 Å². The molecule has 2 aromatic carbocycles. The molecule has 1 fully saturated rings. The van der Waals surface area contributed by atoms with E-state index in [1.54, 1.807) is 0 Å². The Morgan fingerprint density at radius 2 is 1.63 bits per heavy atom. The van der Waals surface area contributed by atoms with E-state index < -0.39 is 24.1 Å². The molecule has 2 aromatic rings. The topological polar surface area (TPSA) is 95.9 Å². The van der Waals surface area contributed by atoms with E-state index in [0.717, 1.165) is 41.5 Å². The second-order valence-corrected chi connectivity index (χ2v) is 9.89. The second-order valence-electron chi connectivity index (χ2n) is 9.89. The van der Waals surface area contributed by atoms with Gasteiger partial charge in [0.2, 0.25) is 5.91 Å². The van der Waals surface area contributed by atoms with Crippen LogP contribution in [0.2, 0.25) is 0 Å². The van der Waals surface area contributed by atoms with Gasteiger partial charge in [0.15, 0.2) is 0 Å². The summed E-state index contributed by atoms with van der Waals surface area (Å²) in [5.74, 6) is -1.28. The fourth-order valence-electron chi connectivity index (χ4n) is 5.30. The standard InChI is InChI=1S/C28H34N2O5/c1-18(2)16-24(26(31)30-15-9-3-4-14-25(30)27(32)33)29-28(34)35-17-23-21-12-7-5-10-19(21)20-11-6-8-13-22(20)23/h5-8,10-13,18,23-25H,3-4,9,14-17H2,1-2H3,(H,29,34)(H,32,33). The van der Waals surface area contributed by atoms with E-state index in [4.69, 9.17) is 4.74 Å². The number of benzene rings is 2. The molecule has 0 bridgehead atoms. The molecule has 1 aliphatic carbocycles. The molecule has 4 rings (SSSR count). The smallest absolute Gasteiger partial charge is 0.407 e. The Hall–Kier alpha value is -3.35. The maximum Gasteiger partial charge on any atom is 0.407 e. The number of aliphatic carboxylic acids is 1. The number of rotatable bonds is 7. The number of alkyl carbamates (subject to hydrolysis) is 1. The molecule has 186 valence electrons. The molecule has 35 heavy (non-hydrogen) atoms. The first kappa shape index (κ1) is 24.8. The van der Waals surface area contributed by atoms with Gasteiger partial charge in [-0.15, -0.1) is 0 Å². The number of hydrogen-bond acceptors (Lipinski definition) is 4. The van der Waals surface area contributed by atoms with Gasteiger partial charge in [-0.3, -0.25) is 4.79 Å².